The van der Waals surface area contributed by atoms with E-state index in [-0.39, 0.29) is 5.41 Å². The first-order valence-electron chi connectivity index (χ1n) is 6.25. The molecule has 1 aromatic heterocycles. The first kappa shape index (κ1) is 15.3. The van der Waals surface area contributed by atoms with Crippen molar-refractivity contribution in [3.8, 4) is 11.6 Å². The topological polar surface area (TPSA) is 35.0 Å². The highest BCUT2D eigenvalue weighted by molar-refractivity contribution is 9.10. The number of ether oxygens (including phenoxy) is 1. The summed E-state index contributed by atoms with van der Waals surface area (Å²) >= 11 is 9.52. The molecule has 0 aliphatic carbocycles. The molecule has 2 aromatic rings. The van der Waals surface area contributed by atoms with Crippen LogP contribution < -0.4 is 4.74 Å². The van der Waals surface area contributed by atoms with Crippen LogP contribution in [0.5, 0.6) is 11.6 Å². The quantitative estimate of drug-likeness (QED) is 0.686. The molecule has 0 bridgehead atoms. The summed E-state index contributed by atoms with van der Waals surface area (Å²) in [6.07, 6.45) is 0. The van der Waals surface area contributed by atoms with Gasteiger partial charge in [-0.3, -0.25) is 0 Å². The Kier molecular flexibility index (Phi) is 4.35. The van der Waals surface area contributed by atoms with E-state index >= 15 is 0 Å². The maximum absolute atomic E-state index is 6.04. The van der Waals surface area contributed by atoms with Crippen LogP contribution in [0.25, 0.3) is 0 Å². The zero-order chi connectivity index (χ0) is 14.9. The predicted molar refractivity (Wildman–Crippen MR) is 84.7 cm³/mol. The van der Waals surface area contributed by atoms with Gasteiger partial charge in [-0.05, 0) is 40.5 Å². The summed E-state index contributed by atoms with van der Waals surface area (Å²) in [6, 6.07) is 7.48. The molecule has 0 unspecified atom stereocenters. The van der Waals surface area contributed by atoms with Crippen LogP contribution in [-0.2, 0) is 5.41 Å². The van der Waals surface area contributed by atoms with E-state index in [4.69, 9.17) is 16.3 Å². The summed E-state index contributed by atoms with van der Waals surface area (Å²) in [6.45, 7) is 8.12. The highest BCUT2D eigenvalue weighted by Gasteiger charge is 2.19. The van der Waals surface area contributed by atoms with E-state index < -0.39 is 0 Å². The van der Waals surface area contributed by atoms with E-state index in [0.29, 0.717) is 22.6 Å². The predicted octanol–water partition coefficient (Wildman–Crippen LogP) is 5.29. The monoisotopic (exact) mass is 354 g/mol. The summed E-state index contributed by atoms with van der Waals surface area (Å²) in [5, 5.41) is 0.378. The van der Waals surface area contributed by atoms with E-state index in [9.17, 15) is 0 Å². The van der Waals surface area contributed by atoms with Crippen molar-refractivity contribution in [3.05, 3.63) is 45.3 Å². The van der Waals surface area contributed by atoms with Gasteiger partial charge >= 0.3 is 0 Å². The van der Waals surface area contributed by atoms with Crippen LogP contribution in [0.1, 0.15) is 32.2 Å². The fourth-order valence-corrected chi connectivity index (χ4v) is 2.33. The van der Waals surface area contributed by atoms with Gasteiger partial charge in [0.1, 0.15) is 16.7 Å². The lowest BCUT2D eigenvalue weighted by atomic mass is 9.96. The molecule has 0 radical (unpaired) electrons. The Balaban J connectivity index is 2.36. The lowest BCUT2D eigenvalue weighted by molar-refractivity contribution is 0.443. The lowest BCUT2D eigenvalue weighted by Gasteiger charge is -2.17. The van der Waals surface area contributed by atoms with E-state index in [0.717, 1.165) is 10.0 Å². The summed E-state index contributed by atoms with van der Waals surface area (Å²) in [7, 11) is 0. The van der Waals surface area contributed by atoms with Crippen molar-refractivity contribution in [2.75, 3.05) is 0 Å². The molecule has 2 rings (SSSR count). The normalized spacial score (nSPS) is 11.5. The number of hydrogen-bond acceptors (Lipinski definition) is 3. The first-order chi connectivity index (χ1) is 9.25. The average molecular weight is 356 g/mol. The van der Waals surface area contributed by atoms with Gasteiger partial charge in [-0.1, -0.05) is 38.4 Å². The molecule has 0 atom stereocenters. The van der Waals surface area contributed by atoms with Gasteiger partial charge in [0, 0.05) is 11.5 Å². The van der Waals surface area contributed by atoms with Crippen LogP contribution in [0, 0.1) is 6.92 Å². The number of benzene rings is 1. The number of nitrogens with zero attached hydrogens (tertiary/aromatic N) is 2. The number of aryl methyl sites for hydroxylation is 1. The standard InChI is InChI=1S/C15H16BrClN2O/c1-9-5-6-11(10(16)7-9)20-13-8-12(17)18-14(19-13)15(2,3)4/h5-8H,1-4H3. The van der Waals surface area contributed by atoms with Crippen molar-refractivity contribution in [1.29, 1.82) is 0 Å². The van der Waals surface area contributed by atoms with Gasteiger partial charge in [-0.2, -0.15) is 4.98 Å². The fourth-order valence-electron chi connectivity index (χ4n) is 1.59. The van der Waals surface area contributed by atoms with Crippen LogP contribution in [0.3, 0.4) is 0 Å². The van der Waals surface area contributed by atoms with E-state index in [2.05, 4.69) is 25.9 Å². The smallest absolute Gasteiger partial charge is 0.224 e. The summed E-state index contributed by atoms with van der Waals surface area (Å²) in [4.78, 5) is 8.67. The van der Waals surface area contributed by atoms with Gasteiger partial charge in [0.2, 0.25) is 5.88 Å². The largest absolute Gasteiger partial charge is 0.438 e. The third-order valence-electron chi connectivity index (χ3n) is 2.64. The second-order valence-electron chi connectivity index (χ2n) is 5.64. The maximum Gasteiger partial charge on any atom is 0.224 e. The summed E-state index contributed by atoms with van der Waals surface area (Å²) in [5.41, 5.74) is 0.966. The highest BCUT2D eigenvalue weighted by atomic mass is 79.9. The SMILES string of the molecule is Cc1ccc(Oc2cc(Cl)nc(C(C)(C)C)n2)c(Br)c1. The Labute approximate surface area is 132 Å². The molecule has 0 saturated heterocycles. The second-order valence-corrected chi connectivity index (χ2v) is 6.88. The van der Waals surface area contributed by atoms with Gasteiger partial charge in [0.25, 0.3) is 0 Å². The third-order valence-corrected chi connectivity index (χ3v) is 3.46. The number of rotatable bonds is 2. The van der Waals surface area contributed by atoms with Gasteiger partial charge in [-0.25, -0.2) is 4.98 Å². The van der Waals surface area contributed by atoms with Gasteiger partial charge in [-0.15, -0.1) is 0 Å². The molecule has 0 saturated carbocycles. The molecule has 20 heavy (non-hydrogen) atoms. The minimum absolute atomic E-state index is 0.187. The molecule has 0 amide bonds. The van der Waals surface area contributed by atoms with Crippen LogP contribution in [0.4, 0.5) is 0 Å². The summed E-state index contributed by atoms with van der Waals surface area (Å²) < 4.78 is 6.68. The highest BCUT2D eigenvalue weighted by Crippen LogP contribution is 2.31. The molecule has 0 spiro atoms. The minimum atomic E-state index is -0.187. The molecule has 0 aliphatic heterocycles. The number of aromatic nitrogens is 2. The van der Waals surface area contributed by atoms with Crippen LogP contribution >= 0.6 is 27.5 Å². The lowest BCUT2D eigenvalue weighted by Crippen LogP contribution is -2.16. The van der Waals surface area contributed by atoms with Crippen molar-refractivity contribution in [3.63, 3.8) is 0 Å². The van der Waals surface area contributed by atoms with Gasteiger partial charge in [0.15, 0.2) is 0 Å². The van der Waals surface area contributed by atoms with Crippen molar-refractivity contribution >= 4 is 27.5 Å². The minimum Gasteiger partial charge on any atom is -0.438 e. The van der Waals surface area contributed by atoms with Crippen LogP contribution in [0.2, 0.25) is 5.15 Å². The Morgan fingerprint density at radius 2 is 1.85 bits per heavy atom. The molecule has 0 aliphatic rings. The molecular weight excluding hydrogens is 340 g/mol. The Morgan fingerprint density at radius 3 is 2.45 bits per heavy atom. The molecule has 1 heterocycles. The van der Waals surface area contributed by atoms with Crippen molar-refractivity contribution in [1.82, 2.24) is 9.97 Å². The number of hydrogen-bond donors (Lipinski definition) is 0. The molecule has 5 heteroatoms. The number of halogens is 2. The van der Waals surface area contributed by atoms with Crippen molar-refractivity contribution < 1.29 is 4.74 Å². The van der Waals surface area contributed by atoms with Crippen LogP contribution in [-0.4, -0.2) is 9.97 Å². The van der Waals surface area contributed by atoms with Gasteiger partial charge in [0.05, 0.1) is 4.47 Å². The zero-order valence-electron chi connectivity index (χ0n) is 11.9. The van der Waals surface area contributed by atoms with Gasteiger partial charge < -0.3 is 4.74 Å². The van der Waals surface area contributed by atoms with Crippen molar-refractivity contribution in [2.45, 2.75) is 33.1 Å². The van der Waals surface area contributed by atoms with E-state index in [1.165, 1.54) is 0 Å². The molecule has 1 aromatic carbocycles. The molecule has 106 valence electrons. The first-order valence-corrected chi connectivity index (χ1v) is 7.42. The Hall–Kier alpha value is -1.13. The van der Waals surface area contributed by atoms with E-state index in [1.807, 2.05) is 45.9 Å². The average Bonchev–Trinajstić information content (AvgIpc) is 2.31. The second kappa shape index (κ2) is 5.70. The summed E-state index contributed by atoms with van der Waals surface area (Å²) in [5.74, 6) is 1.80. The third kappa shape index (κ3) is 3.70. The maximum atomic E-state index is 6.04. The van der Waals surface area contributed by atoms with Crippen molar-refractivity contribution in [2.24, 2.45) is 0 Å². The fraction of sp³-hybridized carbons (Fsp3) is 0.333. The molecule has 0 fully saturated rings. The molecule has 3 nitrogen and oxygen atoms in total. The van der Waals surface area contributed by atoms with Crippen LogP contribution in [0.15, 0.2) is 28.7 Å². The Morgan fingerprint density at radius 1 is 1.15 bits per heavy atom. The molecule has 0 N–H and O–H groups in total. The van der Waals surface area contributed by atoms with E-state index in [1.54, 1.807) is 6.07 Å². The molecular formula is C15H16BrClN2O. The Bertz CT molecular complexity index is 638. The zero-order valence-corrected chi connectivity index (χ0v) is 14.2.